The molecule has 0 saturated carbocycles. The Morgan fingerprint density at radius 2 is 2.25 bits per heavy atom. The molecule has 1 aromatic rings. The summed E-state index contributed by atoms with van der Waals surface area (Å²) in [5.74, 6) is 10.2. The number of rotatable bonds is 2. The quantitative estimate of drug-likeness (QED) is 0.282. The van der Waals surface area contributed by atoms with Crippen molar-refractivity contribution in [2.45, 2.75) is 0 Å². The van der Waals surface area contributed by atoms with Gasteiger partial charge in [-0.2, -0.15) is 5.10 Å². The fraction of sp³-hybridized carbons (Fsp3) is 0. The van der Waals surface area contributed by atoms with Crippen molar-refractivity contribution in [1.82, 2.24) is 0 Å². The van der Waals surface area contributed by atoms with Crippen LogP contribution in [0, 0.1) is 0 Å². The molecule has 0 atom stereocenters. The van der Waals surface area contributed by atoms with E-state index in [4.69, 9.17) is 11.7 Å². The van der Waals surface area contributed by atoms with E-state index in [0.29, 0.717) is 11.3 Å². The molecule has 0 saturated heterocycles. The van der Waals surface area contributed by atoms with Gasteiger partial charge in [-0.25, -0.2) is 0 Å². The smallest absolute Gasteiger partial charge is 0.126 e. The van der Waals surface area contributed by atoms with Crippen LogP contribution in [0.15, 0.2) is 23.3 Å². The third kappa shape index (κ3) is 1.46. The Hall–Kier alpha value is -1.75. The first-order valence-corrected chi connectivity index (χ1v) is 3.31. The average Bonchev–Trinajstić information content (AvgIpc) is 2.09. The highest BCUT2D eigenvalue weighted by atomic mass is 16.3. The number of hydrazine groups is 1. The molecule has 1 aromatic carbocycles. The molecular formula is C7H10N4O. The molecule has 0 heterocycles. The molecule has 0 bridgehead atoms. The Morgan fingerprint density at radius 3 is 2.83 bits per heavy atom. The molecular weight excluding hydrogens is 156 g/mol. The molecule has 0 spiro atoms. The topological polar surface area (TPSA) is 96.7 Å². The standard InChI is InChI=1S/C7H10N4O/c8-10-4-5-6(11-9)2-1-3-7(5)12/h1-4,11-12H,8-9H2. The van der Waals surface area contributed by atoms with E-state index in [0.717, 1.165) is 0 Å². The van der Waals surface area contributed by atoms with Crippen LogP contribution < -0.4 is 17.1 Å². The van der Waals surface area contributed by atoms with Gasteiger partial charge in [-0.3, -0.25) is 5.84 Å². The van der Waals surface area contributed by atoms with Gasteiger partial charge in [0.25, 0.3) is 0 Å². The van der Waals surface area contributed by atoms with E-state index in [-0.39, 0.29) is 5.75 Å². The average molecular weight is 166 g/mol. The Labute approximate surface area is 69.7 Å². The molecule has 12 heavy (non-hydrogen) atoms. The van der Waals surface area contributed by atoms with Gasteiger partial charge in [0, 0.05) is 0 Å². The number of nitrogens with one attached hydrogen (secondary N) is 1. The Morgan fingerprint density at radius 1 is 1.50 bits per heavy atom. The van der Waals surface area contributed by atoms with E-state index < -0.39 is 0 Å². The van der Waals surface area contributed by atoms with E-state index in [1.807, 2.05) is 0 Å². The van der Waals surface area contributed by atoms with Crippen LogP contribution in [0.25, 0.3) is 0 Å². The summed E-state index contributed by atoms with van der Waals surface area (Å²) in [6.07, 6.45) is 1.32. The van der Waals surface area contributed by atoms with Gasteiger partial charge >= 0.3 is 0 Å². The van der Waals surface area contributed by atoms with Gasteiger partial charge in [-0.15, -0.1) is 0 Å². The first kappa shape index (κ1) is 8.35. The Kier molecular flexibility index (Phi) is 2.49. The second kappa shape index (κ2) is 3.59. The highest BCUT2D eigenvalue weighted by Gasteiger charge is 2.02. The van der Waals surface area contributed by atoms with Crippen LogP contribution in [0.5, 0.6) is 5.75 Å². The Balaban J connectivity index is 3.19. The van der Waals surface area contributed by atoms with Gasteiger partial charge in [0.2, 0.25) is 0 Å². The Bertz CT molecular complexity index is 297. The molecule has 64 valence electrons. The maximum absolute atomic E-state index is 9.31. The minimum Gasteiger partial charge on any atom is -0.507 e. The number of hydrazone groups is 1. The van der Waals surface area contributed by atoms with Gasteiger partial charge in [-0.05, 0) is 12.1 Å². The van der Waals surface area contributed by atoms with Crippen LogP contribution in [0.4, 0.5) is 5.69 Å². The lowest BCUT2D eigenvalue weighted by atomic mass is 10.2. The van der Waals surface area contributed by atoms with Crippen molar-refractivity contribution in [1.29, 1.82) is 0 Å². The molecule has 0 aliphatic carbocycles. The molecule has 0 unspecified atom stereocenters. The lowest BCUT2D eigenvalue weighted by molar-refractivity contribution is 0.474. The minimum absolute atomic E-state index is 0.0830. The van der Waals surface area contributed by atoms with Crippen LogP contribution in [-0.4, -0.2) is 11.3 Å². The molecule has 0 aromatic heterocycles. The SMILES string of the molecule is NN=Cc1c(O)cccc1NN. The summed E-state index contributed by atoms with van der Waals surface area (Å²) in [6, 6.07) is 4.90. The van der Waals surface area contributed by atoms with Gasteiger partial charge in [0.1, 0.15) is 5.75 Å². The van der Waals surface area contributed by atoms with Crippen molar-refractivity contribution >= 4 is 11.9 Å². The number of nitrogens with zero attached hydrogens (tertiary/aromatic N) is 1. The van der Waals surface area contributed by atoms with Crippen molar-refractivity contribution in [2.24, 2.45) is 16.8 Å². The molecule has 5 nitrogen and oxygen atoms in total. The van der Waals surface area contributed by atoms with Crippen LogP contribution in [-0.2, 0) is 0 Å². The summed E-state index contributed by atoms with van der Waals surface area (Å²) >= 11 is 0. The maximum atomic E-state index is 9.31. The predicted molar refractivity (Wildman–Crippen MR) is 47.7 cm³/mol. The largest absolute Gasteiger partial charge is 0.507 e. The zero-order valence-corrected chi connectivity index (χ0v) is 6.36. The summed E-state index contributed by atoms with van der Waals surface area (Å²) in [7, 11) is 0. The fourth-order valence-electron chi connectivity index (χ4n) is 0.889. The number of phenols is 1. The van der Waals surface area contributed by atoms with Crippen LogP contribution >= 0.6 is 0 Å². The maximum Gasteiger partial charge on any atom is 0.126 e. The first-order valence-electron chi connectivity index (χ1n) is 3.31. The molecule has 0 amide bonds. The zero-order chi connectivity index (χ0) is 8.97. The van der Waals surface area contributed by atoms with Crippen LogP contribution in [0.1, 0.15) is 5.56 Å². The molecule has 0 radical (unpaired) electrons. The lowest BCUT2D eigenvalue weighted by Crippen LogP contribution is -2.09. The molecule has 0 aliphatic heterocycles. The second-order valence-electron chi connectivity index (χ2n) is 2.16. The number of hydrogen-bond acceptors (Lipinski definition) is 5. The van der Waals surface area contributed by atoms with Crippen molar-refractivity contribution in [3.8, 4) is 5.75 Å². The summed E-state index contributed by atoms with van der Waals surface area (Å²) in [5.41, 5.74) is 3.46. The number of aromatic hydroxyl groups is 1. The van der Waals surface area contributed by atoms with Crippen LogP contribution in [0.2, 0.25) is 0 Å². The molecule has 1 rings (SSSR count). The van der Waals surface area contributed by atoms with Crippen molar-refractivity contribution < 1.29 is 5.11 Å². The summed E-state index contributed by atoms with van der Waals surface area (Å²) in [6.45, 7) is 0. The molecule has 0 fully saturated rings. The lowest BCUT2D eigenvalue weighted by Gasteiger charge is -2.05. The highest BCUT2D eigenvalue weighted by molar-refractivity contribution is 5.90. The van der Waals surface area contributed by atoms with E-state index in [1.54, 1.807) is 12.1 Å². The normalized spacial score (nSPS) is 10.4. The number of hydrogen-bond donors (Lipinski definition) is 4. The van der Waals surface area contributed by atoms with Crippen LogP contribution in [0.3, 0.4) is 0 Å². The molecule has 0 aliphatic rings. The van der Waals surface area contributed by atoms with E-state index in [1.165, 1.54) is 12.3 Å². The van der Waals surface area contributed by atoms with Crippen molar-refractivity contribution in [2.75, 3.05) is 5.43 Å². The summed E-state index contributed by atoms with van der Waals surface area (Å²) in [4.78, 5) is 0. The fourth-order valence-corrected chi connectivity index (χ4v) is 0.889. The second-order valence-corrected chi connectivity index (χ2v) is 2.16. The van der Waals surface area contributed by atoms with Gasteiger partial charge in [0.15, 0.2) is 0 Å². The zero-order valence-electron chi connectivity index (χ0n) is 6.36. The number of nitrogen functional groups attached to an aromatic ring is 1. The molecule has 5 heteroatoms. The summed E-state index contributed by atoms with van der Waals surface area (Å²) in [5, 5.41) is 12.6. The van der Waals surface area contributed by atoms with Crippen molar-refractivity contribution in [3.05, 3.63) is 23.8 Å². The summed E-state index contributed by atoms with van der Waals surface area (Å²) < 4.78 is 0. The monoisotopic (exact) mass is 166 g/mol. The molecule has 6 N–H and O–H groups in total. The van der Waals surface area contributed by atoms with Crippen molar-refractivity contribution in [3.63, 3.8) is 0 Å². The van der Waals surface area contributed by atoms with Gasteiger partial charge in [0.05, 0.1) is 17.5 Å². The van der Waals surface area contributed by atoms with E-state index in [2.05, 4.69) is 10.5 Å². The first-order chi connectivity index (χ1) is 5.79. The number of anilines is 1. The predicted octanol–water partition coefficient (Wildman–Crippen LogP) is -0.0296. The number of phenolic OH excluding ortho intramolecular Hbond substituents is 1. The third-order valence-corrected chi connectivity index (χ3v) is 1.44. The number of benzene rings is 1. The highest BCUT2D eigenvalue weighted by Crippen LogP contribution is 2.22. The van der Waals surface area contributed by atoms with Gasteiger partial charge < -0.3 is 16.4 Å². The minimum atomic E-state index is 0.0830. The van der Waals surface area contributed by atoms with Gasteiger partial charge in [-0.1, -0.05) is 6.07 Å². The third-order valence-electron chi connectivity index (χ3n) is 1.44. The van der Waals surface area contributed by atoms with E-state index in [9.17, 15) is 5.11 Å². The number of nitrogens with two attached hydrogens (primary N) is 2. The van der Waals surface area contributed by atoms with E-state index >= 15 is 0 Å².